The average molecular weight is 274 g/mol. The Morgan fingerprint density at radius 3 is 2.11 bits per heavy atom. The zero-order valence-electron chi connectivity index (χ0n) is 12.0. The molecule has 0 aromatic carbocycles. The SMILES string of the molecule is COC[C@H]1O[C@H]2OC(C)(C)O[C@@H]2[C@@H]2OC(C)(C)O[C@@H]21. The minimum atomic E-state index is -0.669. The van der Waals surface area contributed by atoms with Crippen molar-refractivity contribution in [2.75, 3.05) is 13.7 Å². The molecule has 0 unspecified atom stereocenters. The van der Waals surface area contributed by atoms with E-state index in [1.807, 2.05) is 27.7 Å². The molecular weight excluding hydrogens is 252 g/mol. The van der Waals surface area contributed by atoms with Crippen LogP contribution in [0.2, 0.25) is 0 Å². The third kappa shape index (κ3) is 2.41. The summed E-state index contributed by atoms with van der Waals surface area (Å²) in [4.78, 5) is 0. The highest BCUT2D eigenvalue weighted by molar-refractivity contribution is 4.99. The fourth-order valence-electron chi connectivity index (χ4n) is 2.99. The summed E-state index contributed by atoms with van der Waals surface area (Å²) >= 11 is 0. The van der Waals surface area contributed by atoms with Gasteiger partial charge in [-0.15, -0.1) is 0 Å². The Labute approximate surface area is 113 Å². The lowest BCUT2D eigenvalue weighted by molar-refractivity contribution is -0.241. The molecule has 0 N–H and O–H groups in total. The molecule has 0 aliphatic carbocycles. The van der Waals surface area contributed by atoms with Gasteiger partial charge in [-0.05, 0) is 27.7 Å². The molecule has 6 nitrogen and oxygen atoms in total. The van der Waals surface area contributed by atoms with Crippen LogP contribution >= 0.6 is 0 Å². The van der Waals surface area contributed by atoms with Crippen LogP contribution < -0.4 is 0 Å². The van der Waals surface area contributed by atoms with E-state index in [9.17, 15) is 0 Å². The molecule has 110 valence electrons. The first-order valence-electron chi connectivity index (χ1n) is 6.67. The zero-order valence-corrected chi connectivity index (χ0v) is 12.0. The van der Waals surface area contributed by atoms with Crippen molar-refractivity contribution in [3.63, 3.8) is 0 Å². The minimum Gasteiger partial charge on any atom is -0.382 e. The van der Waals surface area contributed by atoms with Gasteiger partial charge in [0.15, 0.2) is 17.9 Å². The molecule has 0 aromatic rings. The summed E-state index contributed by atoms with van der Waals surface area (Å²) < 4.78 is 34.7. The first-order valence-corrected chi connectivity index (χ1v) is 6.67. The number of methoxy groups -OCH3 is 1. The van der Waals surface area contributed by atoms with Gasteiger partial charge in [0, 0.05) is 7.11 Å². The number of ether oxygens (including phenoxy) is 6. The summed E-state index contributed by atoms with van der Waals surface area (Å²) in [5.74, 6) is -1.31. The summed E-state index contributed by atoms with van der Waals surface area (Å²) in [6, 6.07) is 0. The quantitative estimate of drug-likeness (QED) is 0.749. The predicted molar refractivity (Wildman–Crippen MR) is 64.4 cm³/mol. The molecule has 0 amide bonds. The van der Waals surface area contributed by atoms with Crippen molar-refractivity contribution < 1.29 is 28.4 Å². The van der Waals surface area contributed by atoms with Gasteiger partial charge in [-0.3, -0.25) is 0 Å². The second kappa shape index (κ2) is 4.38. The summed E-state index contributed by atoms with van der Waals surface area (Å²) in [7, 11) is 1.64. The van der Waals surface area contributed by atoms with Gasteiger partial charge in [-0.1, -0.05) is 0 Å². The van der Waals surface area contributed by atoms with E-state index in [4.69, 9.17) is 28.4 Å². The predicted octanol–water partition coefficient (Wildman–Crippen LogP) is 1.03. The first kappa shape index (κ1) is 13.7. The Morgan fingerprint density at radius 1 is 0.842 bits per heavy atom. The lowest BCUT2D eigenvalue weighted by Crippen LogP contribution is -2.56. The van der Waals surface area contributed by atoms with Crippen molar-refractivity contribution >= 4 is 0 Å². The molecule has 0 spiro atoms. The monoisotopic (exact) mass is 274 g/mol. The van der Waals surface area contributed by atoms with Crippen LogP contribution in [0.4, 0.5) is 0 Å². The van der Waals surface area contributed by atoms with Crippen molar-refractivity contribution in [2.24, 2.45) is 0 Å². The number of hydrogen-bond donors (Lipinski definition) is 0. The fraction of sp³-hybridized carbons (Fsp3) is 1.00. The average Bonchev–Trinajstić information content (AvgIpc) is 2.74. The lowest BCUT2D eigenvalue weighted by atomic mass is 9.99. The maximum Gasteiger partial charge on any atom is 0.190 e. The van der Waals surface area contributed by atoms with E-state index in [2.05, 4.69) is 0 Å². The lowest BCUT2D eigenvalue weighted by Gasteiger charge is -2.36. The second-order valence-corrected chi connectivity index (χ2v) is 6.16. The van der Waals surface area contributed by atoms with Gasteiger partial charge in [-0.2, -0.15) is 0 Å². The second-order valence-electron chi connectivity index (χ2n) is 6.16. The van der Waals surface area contributed by atoms with E-state index in [1.54, 1.807) is 7.11 Å². The van der Waals surface area contributed by atoms with E-state index >= 15 is 0 Å². The van der Waals surface area contributed by atoms with Gasteiger partial charge in [-0.25, -0.2) is 0 Å². The highest BCUT2D eigenvalue weighted by atomic mass is 16.9. The van der Waals surface area contributed by atoms with E-state index in [1.165, 1.54) is 0 Å². The van der Waals surface area contributed by atoms with Crippen LogP contribution in [-0.2, 0) is 28.4 Å². The van der Waals surface area contributed by atoms with E-state index in [0.717, 1.165) is 0 Å². The van der Waals surface area contributed by atoms with Crippen molar-refractivity contribution in [2.45, 2.75) is 70.0 Å². The van der Waals surface area contributed by atoms with Gasteiger partial charge in [0.25, 0.3) is 0 Å². The number of fused-ring (bicyclic) bond motifs is 3. The van der Waals surface area contributed by atoms with Crippen molar-refractivity contribution in [3.05, 3.63) is 0 Å². The molecule has 0 aromatic heterocycles. The number of rotatable bonds is 2. The van der Waals surface area contributed by atoms with Gasteiger partial charge >= 0.3 is 0 Å². The number of hydrogen-bond acceptors (Lipinski definition) is 6. The first-order chi connectivity index (χ1) is 8.81. The molecule has 3 saturated heterocycles. The Hall–Kier alpha value is -0.240. The highest BCUT2D eigenvalue weighted by Crippen LogP contribution is 2.43. The Balaban J connectivity index is 1.84. The Bertz CT molecular complexity index is 355. The maximum absolute atomic E-state index is 5.97. The molecule has 0 saturated carbocycles. The van der Waals surface area contributed by atoms with E-state index < -0.39 is 17.9 Å². The summed E-state index contributed by atoms with van der Waals surface area (Å²) in [5, 5.41) is 0. The minimum absolute atomic E-state index is 0.198. The van der Waals surface area contributed by atoms with Gasteiger partial charge in [0.05, 0.1) is 6.61 Å². The molecule has 0 bridgehead atoms. The van der Waals surface area contributed by atoms with Crippen LogP contribution in [0.1, 0.15) is 27.7 Å². The van der Waals surface area contributed by atoms with Gasteiger partial charge < -0.3 is 28.4 Å². The summed E-state index contributed by atoms with van der Waals surface area (Å²) in [5.41, 5.74) is 0. The largest absolute Gasteiger partial charge is 0.382 e. The van der Waals surface area contributed by atoms with Crippen molar-refractivity contribution in [3.8, 4) is 0 Å². The smallest absolute Gasteiger partial charge is 0.190 e. The Morgan fingerprint density at radius 2 is 1.42 bits per heavy atom. The molecule has 3 aliphatic heterocycles. The topological polar surface area (TPSA) is 55.4 Å². The molecule has 0 radical (unpaired) electrons. The van der Waals surface area contributed by atoms with Gasteiger partial charge in [0.1, 0.15) is 24.4 Å². The van der Waals surface area contributed by atoms with Crippen LogP contribution in [0.25, 0.3) is 0 Å². The van der Waals surface area contributed by atoms with Crippen LogP contribution in [0.15, 0.2) is 0 Å². The standard InChI is InChI=1S/C13H22O6/c1-12(2)16-8-7(6-14-5)15-11-10(9(8)17-12)18-13(3,4)19-11/h7-11H,6H2,1-5H3/t7-,8-,9-,10-,11+/m1/s1. The molecular formula is C13H22O6. The van der Waals surface area contributed by atoms with Crippen LogP contribution in [0.3, 0.4) is 0 Å². The van der Waals surface area contributed by atoms with Crippen LogP contribution in [0.5, 0.6) is 0 Å². The van der Waals surface area contributed by atoms with Crippen molar-refractivity contribution in [1.82, 2.24) is 0 Å². The maximum atomic E-state index is 5.97. The van der Waals surface area contributed by atoms with Crippen molar-refractivity contribution in [1.29, 1.82) is 0 Å². The molecule has 3 fully saturated rings. The molecule has 6 heteroatoms. The molecule has 3 rings (SSSR count). The molecule has 19 heavy (non-hydrogen) atoms. The molecule has 3 aliphatic rings. The van der Waals surface area contributed by atoms with Crippen LogP contribution in [-0.4, -0.2) is 56.0 Å². The highest BCUT2D eigenvalue weighted by Gasteiger charge is 2.60. The fourth-order valence-corrected chi connectivity index (χ4v) is 2.99. The van der Waals surface area contributed by atoms with Gasteiger partial charge in [0.2, 0.25) is 0 Å². The zero-order chi connectivity index (χ0) is 13.8. The van der Waals surface area contributed by atoms with E-state index in [0.29, 0.717) is 6.61 Å². The Kier molecular flexibility index (Phi) is 3.16. The third-order valence-electron chi connectivity index (χ3n) is 3.58. The molecule has 5 atom stereocenters. The van der Waals surface area contributed by atoms with E-state index in [-0.39, 0.29) is 24.4 Å². The third-order valence-corrected chi connectivity index (χ3v) is 3.58. The molecule has 3 heterocycles. The summed E-state index contributed by atoms with van der Waals surface area (Å²) in [6.45, 7) is 7.97. The van der Waals surface area contributed by atoms with Crippen LogP contribution in [0, 0.1) is 0 Å². The summed E-state index contributed by atoms with van der Waals surface area (Å²) in [6.07, 6.45) is -1.32. The normalized spacial score (nSPS) is 46.9.